The summed E-state index contributed by atoms with van der Waals surface area (Å²) in [7, 11) is 3.39. The number of nitrogens with zero attached hydrogens (tertiary/aromatic N) is 3. The van der Waals surface area contributed by atoms with Gasteiger partial charge in [0, 0.05) is 48.1 Å². The number of rotatable bonds is 5. The third-order valence-electron chi connectivity index (χ3n) is 9.09. The molecular weight excluding hydrogens is 568 g/mol. The number of carbonyl (C=O) groups excluding carboxylic acids is 2. The average molecular weight is 605 g/mol. The molecule has 11 heteroatoms. The highest BCUT2D eigenvalue weighted by Gasteiger charge is 2.61. The number of fused-ring (bicyclic) bond motifs is 3. The molecule has 5 atom stereocenters. The summed E-state index contributed by atoms with van der Waals surface area (Å²) in [6.45, 7) is 2.54. The maximum atomic E-state index is 13.7. The summed E-state index contributed by atoms with van der Waals surface area (Å²) >= 11 is 1.47. The zero-order chi connectivity index (χ0) is 30.3. The Hall–Kier alpha value is -3.99. The number of amides is 2. The van der Waals surface area contributed by atoms with E-state index in [1.807, 2.05) is 42.7 Å². The molecule has 0 radical (unpaired) electrons. The summed E-state index contributed by atoms with van der Waals surface area (Å²) in [6.07, 6.45) is 8.70. The van der Waals surface area contributed by atoms with Gasteiger partial charge in [-0.2, -0.15) is 0 Å². The number of nitrogens with one attached hydrogen (secondary N) is 1. The number of methoxy groups -OCH3 is 1. The first kappa shape index (κ1) is 29.1. The Labute approximate surface area is 254 Å². The average Bonchev–Trinajstić information content (AvgIpc) is 3.31. The lowest BCUT2D eigenvalue weighted by Crippen LogP contribution is -2.49. The predicted octanol–water partition coefficient (Wildman–Crippen LogP) is 4.61. The number of carboxylic acid groups (broad SMARTS) is 1. The molecule has 0 saturated heterocycles. The topological polar surface area (TPSA) is 131 Å². The molecule has 2 saturated carbocycles. The van der Waals surface area contributed by atoms with Gasteiger partial charge in [0.05, 0.1) is 24.5 Å². The van der Waals surface area contributed by atoms with Crippen molar-refractivity contribution in [2.45, 2.75) is 57.1 Å². The third-order valence-corrected chi connectivity index (χ3v) is 9.88. The van der Waals surface area contributed by atoms with Crippen LogP contribution in [-0.2, 0) is 14.4 Å². The van der Waals surface area contributed by atoms with Crippen molar-refractivity contribution in [3.8, 4) is 22.2 Å². The Bertz CT molecular complexity index is 1590. The molecule has 43 heavy (non-hydrogen) atoms. The fourth-order valence-electron chi connectivity index (χ4n) is 6.53. The molecule has 3 heterocycles. The van der Waals surface area contributed by atoms with Gasteiger partial charge in [-0.05, 0) is 57.6 Å². The summed E-state index contributed by atoms with van der Waals surface area (Å²) in [6, 6.07) is 5.64. The molecular formula is C32H36N4O6S. The third kappa shape index (κ3) is 5.46. The molecule has 2 fully saturated rings. The van der Waals surface area contributed by atoms with Crippen LogP contribution < -0.4 is 14.8 Å². The lowest BCUT2D eigenvalue weighted by Gasteiger charge is -2.26. The summed E-state index contributed by atoms with van der Waals surface area (Å²) in [5.74, 6) is -1.85. The summed E-state index contributed by atoms with van der Waals surface area (Å²) in [4.78, 5) is 50.8. The first-order chi connectivity index (χ1) is 20.7. The van der Waals surface area contributed by atoms with Gasteiger partial charge in [-0.25, -0.2) is 14.8 Å². The van der Waals surface area contributed by atoms with Crippen LogP contribution in [0.2, 0.25) is 0 Å². The fourth-order valence-corrected chi connectivity index (χ4v) is 7.13. The largest absolute Gasteiger partial charge is 0.496 e. The zero-order valence-corrected chi connectivity index (χ0v) is 25.4. The molecule has 2 amide bonds. The molecule has 6 rings (SSSR count). The molecule has 3 aromatic rings. The van der Waals surface area contributed by atoms with E-state index >= 15 is 0 Å². The van der Waals surface area contributed by atoms with E-state index in [0.29, 0.717) is 36.6 Å². The second-order valence-electron chi connectivity index (χ2n) is 11.8. The first-order valence-electron chi connectivity index (χ1n) is 14.7. The standard InChI is InChI=1S/C32H36N4O6S/c1-18-25(41-3)10-9-21-26(16-24(34-27(18)21)29-33-11-13-43-29)42-20-14-22-23(15-20)30(38)36(2)12-7-5-4-6-8-19-17-32(19,31(39)40)35-28(22)37/h6,8-11,13,16,19-20,22-23H,4-5,7,12,14-15,17H2,1-3H3,(H,35,37)(H,39,40)/b8-6-/t19-,20+,22+,23+,32+/m0/s1. The predicted molar refractivity (Wildman–Crippen MR) is 162 cm³/mol. The second kappa shape index (κ2) is 11.6. The van der Waals surface area contributed by atoms with Crippen LogP contribution in [0.4, 0.5) is 0 Å². The number of aromatic nitrogens is 2. The Morgan fingerprint density at radius 1 is 1.19 bits per heavy atom. The molecule has 226 valence electrons. The van der Waals surface area contributed by atoms with Crippen molar-refractivity contribution in [3.05, 3.63) is 47.5 Å². The molecule has 0 bridgehead atoms. The van der Waals surface area contributed by atoms with Crippen molar-refractivity contribution in [2.24, 2.45) is 17.8 Å². The van der Waals surface area contributed by atoms with E-state index in [9.17, 15) is 19.5 Å². The lowest BCUT2D eigenvalue weighted by molar-refractivity contribution is -0.145. The van der Waals surface area contributed by atoms with Crippen molar-refractivity contribution >= 4 is 40.0 Å². The van der Waals surface area contributed by atoms with Crippen LogP contribution in [0.1, 0.15) is 44.1 Å². The molecule has 0 spiro atoms. The van der Waals surface area contributed by atoms with Crippen molar-refractivity contribution in [1.29, 1.82) is 0 Å². The Kier molecular flexibility index (Phi) is 7.85. The minimum absolute atomic E-state index is 0.112. The number of allylic oxidation sites excluding steroid dienone is 1. The van der Waals surface area contributed by atoms with Crippen LogP contribution in [0.15, 0.2) is 41.9 Å². The second-order valence-corrected chi connectivity index (χ2v) is 12.7. The van der Waals surface area contributed by atoms with Crippen LogP contribution in [-0.4, -0.2) is 70.1 Å². The summed E-state index contributed by atoms with van der Waals surface area (Å²) in [5.41, 5.74) is 0.932. The van der Waals surface area contributed by atoms with E-state index in [1.165, 1.54) is 11.3 Å². The number of carbonyl (C=O) groups is 3. The molecule has 2 aromatic heterocycles. The molecule has 2 N–H and O–H groups in total. The van der Waals surface area contributed by atoms with Gasteiger partial charge in [0.1, 0.15) is 33.8 Å². The quantitative estimate of drug-likeness (QED) is 0.404. The molecule has 0 unspecified atom stereocenters. The van der Waals surface area contributed by atoms with Gasteiger partial charge in [0.15, 0.2) is 0 Å². The maximum Gasteiger partial charge on any atom is 0.330 e. The Balaban J connectivity index is 1.34. The number of hydrogen-bond acceptors (Lipinski definition) is 8. The fraction of sp³-hybridized carbons (Fsp3) is 0.469. The molecule has 1 aromatic carbocycles. The monoisotopic (exact) mass is 604 g/mol. The van der Waals surface area contributed by atoms with Gasteiger partial charge in [-0.3, -0.25) is 9.59 Å². The molecule has 1 aliphatic heterocycles. The Morgan fingerprint density at radius 2 is 2.00 bits per heavy atom. The van der Waals surface area contributed by atoms with Crippen molar-refractivity contribution in [3.63, 3.8) is 0 Å². The SMILES string of the molecule is COc1ccc2c(O[C@@H]3C[C@H]4C(=O)N[C@]5(C(=O)O)C[C@@H]5/C=C\CCCCN(C)C(=O)[C@@H]4C3)cc(-c3nccs3)nc2c1C. The van der Waals surface area contributed by atoms with E-state index < -0.39 is 35.4 Å². The number of pyridine rings is 1. The molecule has 10 nitrogen and oxygen atoms in total. The van der Waals surface area contributed by atoms with Crippen molar-refractivity contribution in [1.82, 2.24) is 20.2 Å². The maximum absolute atomic E-state index is 13.7. The van der Waals surface area contributed by atoms with Crippen LogP contribution in [0, 0.1) is 24.7 Å². The van der Waals surface area contributed by atoms with E-state index in [2.05, 4.69) is 10.3 Å². The van der Waals surface area contributed by atoms with Crippen molar-refractivity contribution in [2.75, 3.05) is 20.7 Å². The lowest BCUT2D eigenvalue weighted by atomic mass is 9.93. The van der Waals surface area contributed by atoms with Gasteiger partial charge in [-0.1, -0.05) is 12.2 Å². The first-order valence-corrected chi connectivity index (χ1v) is 15.6. The number of aliphatic carboxylic acids is 1. The minimum atomic E-state index is -1.32. The van der Waals surface area contributed by atoms with Gasteiger partial charge in [-0.15, -0.1) is 11.3 Å². The van der Waals surface area contributed by atoms with Crippen LogP contribution in [0.3, 0.4) is 0 Å². The molecule has 3 aliphatic rings. The normalized spacial score (nSPS) is 28.4. The number of ether oxygens (including phenoxy) is 2. The summed E-state index contributed by atoms with van der Waals surface area (Å²) in [5, 5.41) is 16.3. The zero-order valence-electron chi connectivity index (χ0n) is 24.5. The smallest absolute Gasteiger partial charge is 0.330 e. The van der Waals surface area contributed by atoms with Crippen molar-refractivity contribution < 1.29 is 29.0 Å². The highest BCUT2D eigenvalue weighted by molar-refractivity contribution is 7.13. The molecule has 2 aliphatic carbocycles. The van der Waals surface area contributed by atoms with E-state index in [-0.39, 0.29) is 18.2 Å². The number of aryl methyl sites for hydroxylation is 1. The number of thiazole rings is 1. The number of hydrogen-bond donors (Lipinski definition) is 2. The number of benzene rings is 1. The van der Waals surface area contributed by atoms with Gasteiger partial charge < -0.3 is 24.8 Å². The van der Waals surface area contributed by atoms with Crippen LogP contribution >= 0.6 is 11.3 Å². The van der Waals surface area contributed by atoms with E-state index in [0.717, 1.165) is 40.7 Å². The summed E-state index contributed by atoms with van der Waals surface area (Å²) < 4.78 is 12.2. The van der Waals surface area contributed by atoms with E-state index in [1.54, 1.807) is 25.3 Å². The highest BCUT2D eigenvalue weighted by atomic mass is 32.1. The van der Waals surface area contributed by atoms with Crippen LogP contribution in [0.5, 0.6) is 11.5 Å². The van der Waals surface area contributed by atoms with E-state index in [4.69, 9.17) is 14.5 Å². The highest BCUT2D eigenvalue weighted by Crippen LogP contribution is 2.47. The van der Waals surface area contributed by atoms with Gasteiger partial charge in [0.25, 0.3) is 0 Å². The number of carboxylic acids is 1. The minimum Gasteiger partial charge on any atom is -0.496 e. The Morgan fingerprint density at radius 3 is 2.74 bits per heavy atom. The van der Waals surface area contributed by atoms with Gasteiger partial charge >= 0.3 is 5.97 Å². The van der Waals surface area contributed by atoms with Gasteiger partial charge in [0.2, 0.25) is 11.8 Å². The van der Waals surface area contributed by atoms with Crippen LogP contribution in [0.25, 0.3) is 21.6 Å².